The molecule has 5 aromatic carbocycles. The molecule has 0 unspecified atom stereocenters. The molecule has 0 aliphatic carbocycles. The van der Waals surface area contributed by atoms with Crippen LogP contribution in [0.15, 0.2) is 131 Å². The minimum atomic E-state index is 0.00694. The molecule has 44 heavy (non-hydrogen) atoms. The van der Waals surface area contributed by atoms with Crippen LogP contribution < -0.4 is 11.1 Å². The fourth-order valence-corrected chi connectivity index (χ4v) is 6.66. The summed E-state index contributed by atoms with van der Waals surface area (Å²) in [5.41, 5.74) is 8.28. The van der Waals surface area contributed by atoms with Gasteiger partial charge in [-0.1, -0.05) is 66.2 Å². The smallest absolute Gasteiger partial charge is 0.258 e. The molecule has 0 radical (unpaired) electrons. The third-order valence-corrected chi connectivity index (χ3v) is 8.98. The molecule has 0 N–H and O–H groups in total. The summed E-state index contributed by atoms with van der Waals surface area (Å²) in [5.74, 6) is 0. The minimum Gasteiger partial charge on any atom is -0.311 e. The quantitative estimate of drug-likeness (QED) is 0.201. The van der Waals surface area contributed by atoms with Crippen LogP contribution in [0.25, 0.3) is 71.6 Å². The number of fused-ring (bicyclic) bond motifs is 6. The van der Waals surface area contributed by atoms with E-state index in [1.807, 2.05) is 74.8 Å². The topological polar surface area (TPSA) is 48.9 Å². The second-order valence-corrected chi connectivity index (χ2v) is 11.6. The van der Waals surface area contributed by atoms with Crippen LogP contribution in [0.3, 0.4) is 0 Å². The van der Waals surface area contributed by atoms with Crippen LogP contribution >= 0.6 is 0 Å². The van der Waals surface area contributed by atoms with Crippen molar-refractivity contribution < 1.29 is 0 Å². The Hall–Kier alpha value is -5.68. The molecule has 0 bridgehead atoms. The summed E-state index contributed by atoms with van der Waals surface area (Å²) >= 11 is 0. The van der Waals surface area contributed by atoms with Gasteiger partial charge in [-0.15, -0.1) is 0 Å². The summed E-state index contributed by atoms with van der Waals surface area (Å²) in [4.78, 5) is 26.2. The highest BCUT2D eigenvalue weighted by atomic mass is 16.1. The fourth-order valence-electron chi connectivity index (χ4n) is 6.66. The molecule has 8 aromatic rings. The van der Waals surface area contributed by atoms with Gasteiger partial charge in [0.2, 0.25) is 0 Å². The summed E-state index contributed by atoms with van der Waals surface area (Å²) in [6.07, 6.45) is 0. The van der Waals surface area contributed by atoms with Crippen LogP contribution in [0.2, 0.25) is 0 Å². The Balaban J connectivity index is 1.41. The van der Waals surface area contributed by atoms with Gasteiger partial charge in [0.15, 0.2) is 0 Å². The maximum Gasteiger partial charge on any atom is 0.258 e. The van der Waals surface area contributed by atoms with Crippen molar-refractivity contribution >= 4 is 43.4 Å². The first-order valence-corrected chi connectivity index (χ1v) is 14.7. The van der Waals surface area contributed by atoms with Gasteiger partial charge < -0.3 is 13.7 Å². The summed E-state index contributed by atoms with van der Waals surface area (Å²) in [7, 11) is 3.67. The Morgan fingerprint density at radius 3 is 1.34 bits per heavy atom. The van der Waals surface area contributed by atoms with E-state index in [2.05, 4.69) is 72.2 Å². The van der Waals surface area contributed by atoms with E-state index in [1.54, 1.807) is 9.13 Å². The van der Waals surface area contributed by atoms with Crippen molar-refractivity contribution in [2.75, 3.05) is 0 Å². The molecular formula is C39H29N3O2. The van der Waals surface area contributed by atoms with Crippen molar-refractivity contribution in [2.24, 2.45) is 14.1 Å². The zero-order valence-corrected chi connectivity index (χ0v) is 24.7. The maximum atomic E-state index is 13.1. The predicted octanol–water partition coefficient (Wildman–Crippen LogP) is 8.13. The first kappa shape index (κ1) is 26.0. The largest absolute Gasteiger partial charge is 0.311 e. The lowest BCUT2D eigenvalue weighted by molar-refractivity contribution is 0.918. The molecule has 3 aromatic heterocycles. The highest BCUT2D eigenvalue weighted by Gasteiger charge is 2.17. The normalized spacial score (nSPS) is 11.7. The monoisotopic (exact) mass is 571 g/mol. The molecule has 0 amide bonds. The molecule has 212 valence electrons. The average molecular weight is 572 g/mol. The molecule has 0 spiro atoms. The number of aromatic nitrogens is 3. The second kappa shape index (κ2) is 9.68. The number of pyridine rings is 2. The zero-order valence-electron chi connectivity index (χ0n) is 24.7. The van der Waals surface area contributed by atoms with Crippen molar-refractivity contribution in [2.45, 2.75) is 6.92 Å². The van der Waals surface area contributed by atoms with Crippen LogP contribution in [0.4, 0.5) is 0 Å². The molecule has 0 aliphatic rings. The van der Waals surface area contributed by atoms with Crippen LogP contribution in [0.5, 0.6) is 0 Å². The highest BCUT2D eigenvalue weighted by Crippen LogP contribution is 2.36. The fraction of sp³-hybridized carbons (Fsp3) is 0.0769. The van der Waals surface area contributed by atoms with E-state index in [4.69, 9.17) is 0 Å². The number of hydrogen-bond acceptors (Lipinski definition) is 2. The SMILES string of the molecule is Cc1ccc(-n2c(-c3ccc4c(c3)c3ccccc3c(=O)n4C)ccc2-c2ccc3c(c2)c2ccccc2c(=O)n3C)cc1. The van der Waals surface area contributed by atoms with E-state index >= 15 is 0 Å². The van der Waals surface area contributed by atoms with Gasteiger partial charge in [-0.05, 0) is 89.5 Å². The van der Waals surface area contributed by atoms with Crippen molar-refractivity contribution in [3.8, 4) is 28.2 Å². The van der Waals surface area contributed by atoms with Crippen molar-refractivity contribution in [1.29, 1.82) is 0 Å². The molecule has 0 fully saturated rings. The molecule has 5 heteroatoms. The molecular weight excluding hydrogens is 542 g/mol. The molecule has 8 rings (SSSR count). The van der Waals surface area contributed by atoms with Gasteiger partial charge >= 0.3 is 0 Å². The number of hydrogen-bond donors (Lipinski definition) is 0. The maximum absolute atomic E-state index is 13.1. The van der Waals surface area contributed by atoms with Gasteiger partial charge in [0.05, 0.1) is 22.4 Å². The third kappa shape index (κ3) is 3.79. The van der Waals surface area contributed by atoms with Gasteiger partial charge in [0.25, 0.3) is 11.1 Å². The van der Waals surface area contributed by atoms with E-state index in [1.165, 1.54) is 5.56 Å². The van der Waals surface area contributed by atoms with Gasteiger partial charge in [-0.25, -0.2) is 0 Å². The number of aryl methyl sites for hydroxylation is 3. The van der Waals surface area contributed by atoms with Crippen molar-refractivity contribution in [3.05, 3.63) is 148 Å². The molecule has 0 aliphatic heterocycles. The Bertz CT molecular complexity index is 2410. The molecule has 0 atom stereocenters. The lowest BCUT2D eigenvalue weighted by Crippen LogP contribution is -2.17. The number of benzene rings is 5. The third-order valence-electron chi connectivity index (χ3n) is 8.98. The molecule has 0 saturated heterocycles. The van der Waals surface area contributed by atoms with Crippen molar-refractivity contribution in [1.82, 2.24) is 13.7 Å². The van der Waals surface area contributed by atoms with Gasteiger partial charge in [-0.2, -0.15) is 0 Å². The van der Waals surface area contributed by atoms with Gasteiger partial charge in [0, 0.05) is 41.3 Å². The lowest BCUT2D eigenvalue weighted by Gasteiger charge is -2.17. The average Bonchev–Trinajstić information content (AvgIpc) is 3.51. The Kier molecular flexibility index (Phi) is 5.72. The van der Waals surface area contributed by atoms with E-state index in [0.29, 0.717) is 10.8 Å². The Labute approximate surface area is 253 Å². The lowest BCUT2D eigenvalue weighted by atomic mass is 10.0. The van der Waals surface area contributed by atoms with Crippen molar-refractivity contribution in [3.63, 3.8) is 0 Å². The van der Waals surface area contributed by atoms with E-state index in [9.17, 15) is 9.59 Å². The summed E-state index contributed by atoms with van der Waals surface area (Å²) in [5, 5.41) is 5.41. The first-order valence-electron chi connectivity index (χ1n) is 14.7. The number of rotatable bonds is 3. The highest BCUT2D eigenvalue weighted by molar-refractivity contribution is 6.08. The van der Waals surface area contributed by atoms with Crippen LogP contribution in [0, 0.1) is 6.92 Å². The van der Waals surface area contributed by atoms with Gasteiger partial charge in [-0.3, -0.25) is 9.59 Å². The predicted molar refractivity (Wildman–Crippen MR) is 182 cm³/mol. The summed E-state index contributed by atoms with van der Waals surface area (Å²) < 4.78 is 5.77. The van der Waals surface area contributed by atoms with E-state index in [-0.39, 0.29) is 11.1 Å². The minimum absolute atomic E-state index is 0.00694. The Morgan fingerprint density at radius 2 is 0.886 bits per heavy atom. The zero-order chi connectivity index (χ0) is 30.1. The van der Waals surface area contributed by atoms with E-state index in [0.717, 1.165) is 60.8 Å². The van der Waals surface area contributed by atoms with Crippen LogP contribution in [-0.2, 0) is 14.1 Å². The molecule has 3 heterocycles. The Morgan fingerprint density at radius 1 is 0.455 bits per heavy atom. The van der Waals surface area contributed by atoms with E-state index < -0.39 is 0 Å². The molecule has 0 saturated carbocycles. The van der Waals surface area contributed by atoms with Crippen LogP contribution in [0.1, 0.15) is 5.56 Å². The summed E-state index contributed by atoms with van der Waals surface area (Å²) in [6, 6.07) is 41.3. The summed E-state index contributed by atoms with van der Waals surface area (Å²) in [6.45, 7) is 2.10. The standard InChI is InChI=1S/C39H29N3O2/c1-24-12-16-27(17-13-24)42-34(25-14-18-36-32(22-25)28-8-4-6-10-30(28)38(43)40(36)2)20-21-35(42)26-15-19-37-33(23-26)29-9-5-7-11-31(29)39(44)41(37)3/h4-23H,1-3H3. The number of nitrogens with zero attached hydrogens (tertiary/aromatic N) is 3. The van der Waals surface area contributed by atoms with Gasteiger partial charge in [0.1, 0.15) is 0 Å². The second-order valence-electron chi connectivity index (χ2n) is 11.6. The first-order chi connectivity index (χ1) is 21.4. The molecule has 5 nitrogen and oxygen atoms in total. The van der Waals surface area contributed by atoms with Crippen LogP contribution in [-0.4, -0.2) is 13.7 Å².